The van der Waals surface area contributed by atoms with Gasteiger partial charge in [0, 0.05) is 6.61 Å². The molecule has 0 N–H and O–H groups in total. The molecule has 0 saturated carbocycles. The van der Waals surface area contributed by atoms with E-state index in [4.69, 9.17) is 4.74 Å². The minimum atomic E-state index is 0.336. The van der Waals surface area contributed by atoms with Gasteiger partial charge in [0.15, 0.2) is 0 Å². The molecular weight excluding hydrogens is 220 g/mol. The van der Waals surface area contributed by atoms with Crippen LogP contribution in [0.1, 0.15) is 57.9 Å². The molecule has 0 fully saturated rings. The minimum absolute atomic E-state index is 0.336. The standard InChI is InChI=1S/C17H28O/c1-3-4-5-6-7-11-14-18-16(2)15-17-12-9-8-10-13-17/h8-10,12-13,16H,3-7,11,14-15H2,1-2H3/t16-/m0/s1. The van der Waals surface area contributed by atoms with Gasteiger partial charge >= 0.3 is 0 Å². The van der Waals surface area contributed by atoms with E-state index in [-0.39, 0.29) is 0 Å². The van der Waals surface area contributed by atoms with Gasteiger partial charge in [0.05, 0.1) is 6.10 Å². The van der Waals surface area contributed by atoms with E-state index in [1.807, 2.05) is 0 Å². The summed E-state index contributed by atoms with van der Waals surface area (Å²) in [7, 11) is 0. The molecule has 1 heteroatoms. The molecule has 102 valence electrons. The molecule has 1 rings (SSSR count). The van der Waals surface area contributed by atoms with Gasteiger partial charge in [-0.25, -0.2) is 0 Å². The summed E-state index contributed by atoms with van der Waals surface area (Å²) in [6.07, 6.45) is 9.34. The predicted molar refractivity (Wildman–Crippen MR) is 78.9 cm³/mol. The van der Waals surface area contributed by atoms with Crippen molar-refractivity contribution < 1.29 is 4.74 Å². The van der Waals surface area contributed by atoms with Gasteiger partial charge in [0.1, 0.15) is 0 Å². The minimum Gasteiger partial charge on any atom is -0.378 e. The number of hydrogen-bond acceptors (Lipinski definition) is 1. The second-order valence-corrected chi connectivity index (χ2v) is 5.14. The van der Waals surface area contributed by atoms with Crippen LogP contribution in [0.2, 0.25) is 0 Å². The van der Waals surface area contributed by atoms with Crippen molar-refractivity contribution in [2.24, 2.45) is 0 Å². The quantitative estimate of drug-likeness (QED) is 0.530. The monoisotopic (exact) mass is 248 g/mol. The Morgan fingerprint density at radius 1 is 0.944 bits per heavy atom. The first kappa shape index (κ1) is 15.2. The molecule has 1 nitrogen and oxygen atoms in total. The number of hydrogen-bond donors (Lipinski definition) is 0. The van der Waals surface area contributed by atoms with Crippen molar-refractivity contribution in [3.63, 3.8) is 0 Å². The zero-order valence-electron chi connectivity index (χ0n) is 12.0. The molecule has 1 atom stereocenters. The second-order valence-electron chi connectivity index (χ2n) is 5.14. The van der Waals surface area contributed by atoms with Gasteiger partial charge in [-0.05, 0) is 25.3 Å². The second kappa shape index (κ2) is 10.1. The van der Waals surface area contributed by atoms with E-state index in [9.17, 15) is 0 Å². The van der Waals surface area contributed by atoms with E-state index < -0.39 is 0 Å². The highest BCUT2D eigenvalue weighted by molar-refractivity contribution is 5.15. The van der Waals surface area contributed by atoms with Gasteiger partial charge in [0.25, 0.3) is 0 Å². The van der Waals surface area contributed by atoms with E-state index in [1.54, 1.807) is 0 Å². The Labute approximate surface area is 113 Å². The lowest BCUT2D eigenvalue weighted by Gasteiger charge is -2.13. The maximum atomic E-state index is 5.85. The Bertz CT molecular complexity index is 281. The first-order valence-corrected chi connectivity index (χ1v) is 7.48. The van der Waals surface area contributed by atoms with Crippen LogP contribution in [0.4, 0.5) is 0 Å². The van der Waals surface area contributed by atoms with E-state index in [0.29, 0.717) is 6.10 Å². The maximum absolute atomic E-state index is 5.85. The first-order chi connectivity index (χ1) is 8.83. The highest BCUT2D eigenvalue weighted by atomic mass is 16.5. The number of benzene rings is 1. The van der Waals surface area contributed by atoms with Gasteiger partial charge in [-0.15, -0.1) is 0 Å². The molecule has 0 unspecified atom stereocenters. The Morgan fingerprint density at radius 2 is 1.61 bits per heavy atom. The van der Waals surface area contributed by atoms with Crippen LogP contribution in [-0.4, -0.2) is 12.7 Å². The summed E-state index contributed by atoms with van der Waals surface area (Å²) in [4.78, 5) is 0. The zero-order valence-corrected chi connectivity index (χ0v) is 12.0. The van der Waals surface area contributed by atoms with Crippen LogP contribution < -0.4 is 0 Å². The molecule has 1 aromatic carbocycles. The van der Waals surface area contributed by atoms with Crippen LogP contribution in [0, 0.1) is 0 Å². The van der Waals surface area contributed by atoms with Crippen LogP contribution in [0.5, 0.6) is 0 Å². The van der Waals surface area contributed by atoms with Crippen molar-refractivity contribution in [2.75, 3.05) is 6.61 Å². The predicted octanol–water partition coefficient (Wildman–Crippen LogP) is 4.99. The average molecular weight is 248 g/mol. The molecule has 0 aliphatic carbocycles. The maximum Gasteiger partial charge on any atom is 0.0587 e. The van der Waals surface area contributed by atoms with Crippen LogP contribution in [0.25, 0.3) is 0 Å². The third-order valence-corrected chi connectivity index (χ3v) is 3.27. The van der Waals surface area contributed by atoms with E-state index in [1.165, 1.54) is 44.1 Å². The lowest BCUT2D eigenvalue weighted by molar-refractivity contribution is 0.0635. The van der Waals surface area contributed by atoms with Crippen molar-refractivity contribution in [1.82, 2.24) is 0 Å². The lowest BCUT2D eigenvalue weighted by atomic mass is 10.1. The summed E-state index contributed by atoms with van der Waals surface area (Å²) in [6, 6.07) is 10.6. The van der Waals surface area contributed by atoms with Gasteiger partial charge in [-0.2, -0.15) is 0 Å². The molecule has 0 heterocycles. The molecule has 1 aromatic rings. The third kappa shape index (κ3) is 7.50. The molecule has 0 saturated heterocycles. The highest BCUT2D eigenvalue weighted by Gasteiger charge is 2.03. The topological polar surface area (TPSA) is 9.23 Å². The Kier molecular flexibility index (Phi) is 8.58. The van der Waals surface area contributed by atoms with Crippen molar-refractivity contribution in [2.45, 2.75) is 64.9 Å². The summed E-state index contributed by atoms with van der Waals surface area (Å²) in [5.41, 5.74) is 1.37. The van der Waals surface area contributed by atoms with Crippen LogP contribution in [0.15, 0.2) is 30.3 Å². The van der Waals surface area contributed by atoms with Gasteiger partial charge in [0.2, 0.25) is 0 Å². The van der Waals surface area contributed by atoms with Crippen molar-refractivity contribution in [1.29, 1.82) is 0 Å². The molecule has 18 heavy (non-hydrogen) atoms. The van der Waals surface area contributed by atoms with Crippen LogP contribution in [-0.2, 0) is 11.2 Å². The van der Waals surface area contributed by atoms with Crippen molar-refractivity contribution >= 4 is 0 Å². The molecule has 0 aromatic heterocycles. The molecule has 0 radical (unpaired) electrons. The lowest BCUT2D eigenvalue weighted by Crippen LogP contribution is -2.12. The van der Waals surface area contributed by atoms with Gasteiger partial charge in [-0.3, -0.25) is 0 Å². The fourth-order valence-corrected chi connectivity index (χ4v) is 2.17. The summed E-state index contributed by atoms with van der Waals surface area (Å²) in [5.74, 6) is 0. The van der Waals surface area contributed by atoms with Gasteiger partial charge in [-0.1, -0.05) is 69.4 Å². The average Bonchev–Trinajstić information content (AvgIpc) is 2.39. The van der Waals surface area contributed by atoms with Crippen LogP contribution >= 0.6 is 0 Å². The summed E-state index contributed by atoms with van der Waals surface area (Å²) >= 11 is 0. The third-order valence-electron chi connectivity index (χ3n) is 3.27. The zero-order chi connectivity index (χ0) is 13.1. The number of unbranched alkanes of at least 4 members (excludes halogenated alkanes) is 5. The molecule has 0 aliphatic rings. The summed E-state index contributed by atoms with van der Waals surface area (Å²) in [5, 5.41) is 0. The van der Waals surface area contributed by atoms with E-state index >= 15 is 0 Å². The molecule has 0 aliphatic heterocycles. The number of ether oxygens (including phenoxy) is 1. The normalized spacial score (nSPS) is 12.6. The van der Waals surface area contributed by atoms with Crippen LogP contribution in [0.3, 0.4) is 0 Å². The summed E-state index contributed by atoms with van der Waals surface area (Å²) < 4.78 is 5.85. The molecule has 0 amide bonds. The van der Waals surface area contributed by atoms with Crippen molar-refractivity contribution in [3.8, 4) is 0 Å². The number of rotatable bonds is 10. The Morgan fingerprint density at radius 3 is 2.33 bits per heavy atom. The smallest absolute Gasteiger partial charge is 0.0587 e. The summed E-state index contributed by atoms with van der Waals surface area (Å²) in [6.45, 7) is 5.35. The Balaban J connectivity index is 1.99. The Hall–Kier alpha value is -0.820. The highest BCUT2D eigenvalue weighted by Crippen LogP contribution is 2.08. The van der Waals surface area contributed by atoms with E-state index in [2.05, 4.69) is 44.2 Å². The largest absolute Gasteiger partial charge is 0.378 e. The molecule has 0 spiro atoms. The fraction of sp³-hybridized carbons (Fsp3) is 0.647. The van der Waals surface area contributed by atoms with Crippen molar-refractivity contribution in [3.05, 3.63) is 35.9 Å². The van der Waals surface area contributed by atoms with E-state index in [0.717, 1.165) is 13.0 Å². The molecular formula is C17H28O. The SMILES string of the molecule is CCCCCCCCO[C@@H](C)Cc1ccccc1. The fourth-order valence-electron chi connectivity index (χ4n) is 2.17. The van der Waals surface area contributed by atoms with Gasteiger partial charge < -0.3 is 4.74 Å². The first-order valence-electron chi connectivity index (χ1n) is 7.48. The molecule has 0 bridgehead atoms.